The Morgan fingerprint density at radius 1 is 1.09 bits per heavy atom. The van der Waals surface area contributed by atoms with E-state index in [9.17, 15) is 9.59 Å². The van der Waals surface area contributed by atoms with Gasteiger partial charge in [-0.25, -0.2) is 4.98 Å². The molecule has 1 amide bonds. The highest BCUT2D eigenvalue weighted by Crippen LogP contribution is 2.23. The van der Waals surface area contributed by atoms with E-state index in [2.05, 4.69) is 22.1 Å². The van der Waals surface area contributed by atoms with Crippen molar-refractivity contribution in [3.8, 4) is 0 Å². The van der Waals surface area contributed by atoms with Gasteiger partial charge in [0.1, 0.15) is 5.65 Å². The zero-order valence-corrected chi connectivity index (χ0v) is 18.6. The molecule has 2 aromatic heterocycles. The van der Waals surface area contributed by atoms with Gasteiger partial charge < -0.3 is 5.32 Å². The number of amides is 1. The predicted molar refractivity (Wildman–Crippen MR) is 127 cm³/mol. The largest absolute Gasteiger partial charge is 0.322 e. The van der Waals surface area contributed by atoms with E-state index in [1.54, 1.807) is 30.5 Å². The minimum atomic E-state index is -0.167. The number of hydrogen-bond acceptors (Lipinski definition) is 4. The maximum Gasteiger partial charge on any atom is 0.258 e. The summed E-state index contributed by atoms with van der Waals surface area (Å²) in [6, 6.07) is 21.9. The van der Waals surface area contributed by atoms with Gasteiger partial charge in [0, 0.05) is 36.1 Å². The minimum Gasteiger partial charge on any atom is -0.322 e. The third kappa shape index (κ3) is 4.88. The molecule has 0 bridgehead atoms. The highest BCUT2D eigenvalue weighted by atomic mass is 35.5. The average molecular weight is 447 g/mol. The lowest BCUT2D eigenvalue weighted by Gasteiger charge is -2.25. The van der Waals surface area contributed by atoms with Gasteiger partial charge in [0.2, 0.25) is 0 Å². The molecule has 0 aliphatic rings. The Hall–Kier alpha value is -3.48. The average Bonchev–Trinajstić information content (AvgIpc) is 2.80. The fourth-order valence-corrected chi connectivity index (χ4v) is 3.68. The van der Waals surface area contributed by atoms with Crippen molar-refractivity contribution in [3.05, 3.63) is 111 Å². The summed E-state index contributed by atoms with van der Waals surface area (Å²) in [5.41, 5.74) is 3.46. The molecule has 4 aromatic rings. The number of benzene rings is 2. The molecule has 0 aliphatic carbocycles. The standard InChI is InChI=1S/C25H23ClN4O2/c1-17(19-9-6-10-21(13-19)28-25(32)18-7-4-3-5-8-18)29(2)16-22-14-24(31)30-15-20(26)11-12-23(30)27-22/h3-15,17H,16H2,1-2H3,(H,28,32)/t17-/m0/s1. The van der Waals surface area contributed by atoms with Crippen LogP contribution in [0.3, 0.4) is 0 Å². The van der Waals surface area contributed by atoms with Crippen LogP contribution in [0, 0.1) is 0 Å². The summed E-state index contributed by atoms with van der Waals surface area (Å²) in [4.78, 5) is 31.6. The van der Waals surface area contributed by atoms with Gasteiger partial charge >= 0.3 is 0 Å². The number of rotatable bonds is 6. The van der Waals surface area contributed by atoms with E-state index >= 15 is 0 Å². The van der Waals surface area contributed by atoms with Gasteiger partial charge in [-0.2, -0.15) is 0 Å². The fourth-order valence-electron chi connectivity index (χ4n) is 3.52. The molecule has 0 unspecified atom stereocenters. The second kappa shape index (κ2) is 9.34. The van der Waals surface area contributed by atoms with E-state index in [0.29, 0.717) is 28.5 Å². The smallest absolute Gasteiger partial charge is 0.258 e. The topological polar surface area (TPSA) is 66.7 Å². The first-order chi connectivity index (χ1) is 15.4. The lowest BCUT2D eigenvalue weighted by atomic mass is 10.1. The lowest BCUT2D eigenvalue weighted by molar-refractivity contribution is 0.102. The Kier molecular flexibility index (Phi) is 6.35. The van der Waals surface area contributed by atoms with E-state index in [0.717, 1.165) is 11.3 Å². The van der Waals surface area contributed by atoms with Crippen LogP contribution in [0.2, 0.25) is 5.02 Å². The molecule has 0 saturated heterocycles. The first kappa shape index (κ1) is 21.7. The van der Waals surface area contributed by atoms with Crippen LogP contribution in [-0.2, 0) is 6.54 Å². The van der Waals surface area contributed by atoms with E-state index in [1.165, 1.54) is 10.5 Å². The number of pyridine rings is 1. The van der Waals surface area contributed by atoms with Crippen LogP contribution < -0.4 is 10.9 Å². The molecule has 6 nitrogen and oxygen atoms in total. The second-order valence-corrected chi connectivity index (χ2v) is 8.13. The Labute approximate surface area is 191 Å². The third-order valence-corrected chi connectivity index (χ3v) is 5.64. The van der Waals surface area contributed by atoms with Crippen LogP contribution in [-0.4, -0.2) is 27.2 Å². The van der Waals surface area contributed by atoms with Crippen LogP contribution in [0.15, 0.2) is 83.8 Å². The third-order valence-electron chi connectivity index (χ3n) is 5.41. The molecule has 2 heterocycles. The van der Waals surface area contributed by atoms with Gasteiger partial charge in [-0.1, -0.05) is 41.9 Å². The maximum absolute atomic E-state index is 12.5. The predicted octanol–water partition coefficient (Wildman–Crippen LogP) is 4.79. The molecule has 0 radical (unpaired) electrons. The van der Waals surface area contributed by atoms with Gasteiger partial charge in [-0.05, 0) is 55.9 Å². The molecule has 0 spiro atoms. The lowest BCUT2D eigenvalue weighted by Crippen LogP contribution is -2.24. The highest BCUT2D eigenvalue weighted by molar-refractivity contribution is 6.30. The van der Waals surface area contributed by atoms with Gasteiger partial charge in [-0.3, -0.25) is 18.9 Å². The Morgan fingerprint density at radius 2 is 1.88 bits per heavy atom. The monoisotopic (exact) mass is 446 g/mol. The van der Waals surface area contributed by atoms with Crippen molar-refractivity contribution in [2.45, 2.75) is 19.5 Å². The Balaban J connectivity index is 1.49. The molecule has 1 atom stereocenters. The summed E-state index contributed by atoms with van der Waals surface area (Å²) in [6.07, 6.45) is 1.57. The number of halogens is 1. The fraction of sp³-hybridized carbons (Fsp3) is 0.160. The van der Waals surface area contributed by atoms with Crippen LogP contribution in [0.1, 0.15) is 34.6 Å². The van der Waals surface area contributed by atoms with Crippen molar-refractivity contribution in [2.75, 3.05) is 12.4 Å². The molecular formula is C25H23ClN4O2. The summed E-state index contributed by atoms with van der Waals surface area (Å²) in [7, 11) is 1.98. The number of carbonyl (C=O) groups excluding carboxylic acids is 1. The van der Waals surface area contributed by atoms with Crippen molar-refractivity contribution in [1.82, 2.24) is 14.3 Å². The number of hydrogen-bond donors (Lipinski definition) is 1. The number of carbonyl (C=O) groups is 1. The zero-order valence-electron chi connectivity index (χ0n) is 17.8. The molecule has 1 N–H and O–H groups in total. The zero-order chi connectivity index (χ0) is 22.7. The van der Waals surface area contributed by atoms with Crippen LogP contribution in [0.25, 0.3) is 5.65 Å². The number of nitrogens with zero attached hydrogens (tertiary/aromatic N) is 3. The van der Waals surface area contributed by atoms with E-state index in [4.69, 9.17) is 11.6 Å². The molecule has 0 aliphatic heterocycles. The molecule has 0 saturated carbocycles. The number of nitrogens with one attached hydrogen (secondary N) is 1. The van der Waals surface area contributed by atoms with Gasteiger partial charge in [0.15, 0.2) is 0 Å². The quantitative estimate of drug-likeness (QED) is 0.462. The van der Waals surface area contributed by atoms with Crippen molar-refractivity contribution in [2.24, 2.45) is 0 Å². The SMILES string of the molecule is C[C@@H](c1cccc(NC(=O)c2ccccc2)c1)N(C)Cc1cc(=O)n2cc(Cl)ccc2n1. The van der Waals surface area contributed by atoms with Crippen LogP contribution in [0.4, 0.5) is 5.69 Å². The summed E-state index contributed by atoms with van der Waals surface area (Å²) >= 11 is 5.98. The second-order valence-electron chi connectivity index (χ2n) is 7.70. The normalized spacial score (nSPS) is 12.1. The molecule has 4 rings (SSSR count). The first-order valence-electron chi connectivity index (χ1n) is 10.2. The summed E-state index contributed by atoms with van der Waals surface area (Å²) in [5, 5.41) is 3.43. The van der Waals surface area contributed by atoms with Crippen LogP contribution in [0.5, 0.6) is 0 Å². The summed E-state index contributed by atoms with van der Waals surface area (Å²) in [5.74, 6) is -0.148. The number of aromatic nitrogens is 2. The Morgan fingerprint density at radius 3 is 2.66 bits per heavy atom. The summed E-state index contributed by atoms with van der Waals surface area (Å²) in [6.45, 7) is 2.57. The van der Waals surface area contributed by atoms with Crippen molar-refractivity contribution < 1.29 is 4.79 Å². The minimum absolute atomic E-state index is 0.0362. The number of fused-ring (bicyclic) bond motifs is 1. The van der Waals surface area contributed by atoms with Gasteiger partial charge in [0.25, 0.3) is 11.5 Å². The molecule has 2 aromatic carbocycles. The van der Waals surface area contributed by atoms with Crippen molar-refractivity contribution in [1.29, 1.82) is 0 Å². The van der Waals surface area contributed by atoms with Crippen molar-refractivity contribution >= 4 is 28.8 Å². The highest BCUT2D eigenvalue weighted by Gasteiger charge is 2.15. The Bertz CT molecular complexity index is 1320. The van der Waals surface area contributed by atoms with E-state index < -0.39 is 0 Å². The van der Waals surface area contributed by atoms with Gasteiger partial charge in [-0.15, -0.1) is 0 Å². The van der Waals surface area contributed by atoms with Crippen molar-refractivity contribution in [3.63, 3.8) is 0 Å². The van der Waals surface area contributed by atoms with E-state index in [-0.39, 0.29) is 17.5 Å². The molecule has 0 fully saturated rings. The van der Waals surface area contributed by atoms with Crippen LogP contribution >= 0.6 is 11.6 Å². The number of anilines is 1. The van der Waals surface area contributed by atoms with E-state index in [1.807, 2.05) is 49.5 Å². The molecular weight excluding hydrogens is 424 g/mol. The summed E-state index contributed by atoms with van der Waals surface area (Å²) < 4.78 is 1.44. The molecule has 7 heteroatoms. The first-order valence-corrected chi connectivity index (χ1v) is 10.6. The maximum atomic E-state index is 12.5. The molecule has 162 valence electrons. The van der Waals surface area contributed by atoms with Gasteiger partial charge in [0.05, 0.1) is 10.7 Å². The molecule has 32 heavy (non-hydrogen) atoms.